The number of alkyl halides is 3. The molecule has 0 saturated heterocycles. The Morgan fingerprint density at radius 3 is 2.71 bits per heavy atom. The molecule has 1 aromatic carbocycles. The molecule has 7 heteroatoms. The van der Waals surface area contributed by atoms with Crippen LogP contribution in [0.5, 0.6) is 0 Å². The lowest BCUT2D eigenvalue weighted by Gasteiger charge is -2.12. The standard InChI is InChI=1S/C14H12F3NO2S/c1-8-6-11(21-7-12(19)20-2)9-4-3-5-10(13(9)18-8)14(15,16)17/h3-6H,7H2,1-2H3. The zero-order valence-electron chi connectivity index (χ0n) is 11.3. The van der Waals surface area contributed by atoms with Gasteiger partial charge in [-0.1, -0.05) is 12.1 Å². The molecule has 0 aliphatic heterocycles. The van der Waals surface area contributed by atoms with Gasteiger partial charge in [-0.2, -0.15) is 13.2 Å². The minimum Gasteiger partial charge on any atom is -0.468 e. The summed E-state index contributed by atoms with van der Waals surface area (Å²) in [5, 5.41) is 0.379. The van der Waals surface area contributed by atoms with E-state index < -0.39 is 17.7 Å². The number of aromatic nitrogens is 1. The Hall–Kier alpha value is -1.76. The Morgan fingerprint density at radius 2 is 2.10 bits per heavy atom. The van der Waals surface area contributed by atoms with Crippen LogP contribution in [0.15, 0.2) is 29.2 Å². The van der Waals surface area contributed by atoms with Crippen molar-refractivity contribution in [2.45, 2.75) is 18.0 Å². The Bertz CT molecular complexity index is 686. The molecule has 1 aromatic heterocycles. The summed E-state index contributed by atoms with van der Waals surface area (Å²) < 4.78 is 43.6. The fourth-order valence-electron chi connectivity index (χ4n) is 1.88. The summed E-state index contributed by atoms with van der Waals surface area (Å²) in [6.45, 7) is 1.62. The second-order valence-corrected chi connectivity index (χ2v) is 5.34. The maximum atomic E-state index is 13.0. The van der Waals surface area contributed by atoms with Crippen LogP contribution in [0.4, 0.5) is 13.2 Å². The molecule has 0 radical (unpaired) electrons. The molecule has 0 unspecified atom stereocenters. The number of halogens is 3. The van der Waals surface area contributed by atoms with E-state index in [0.717, 1.165) is 17.8 Å². The molecule has 3 nitrogen and oxygen atoms in total. The quantitative estimate of drug-likeness (QED) is 0.637. The summed E-state index contributed by atoms with van der Waals surface area (Å²) in [7, 11) is 1.26. The molecule has 0 N–H and O–H groups in total. The predicted molar refractivity (Wildman–Crippen MR) is 74.2 cm³/mol. The van der Waals surface area contributed by atoms with Crippen LogP contribution in [0.1, 0.15) is 11.3 Å². The number of esters is 1. The lowest BCUT2D eigenvalue weighted by molar-refractivity contribution is -0.137. The van der Waals surface area contributed by atoms with Crippen LogP contribution in [0.2, 0.25) is 0 Å². The number of pyridine rings is 1. The number of ether oxygens (including phenoxy) is 1. The van der Waals surface area contributed by atoms with Crippen LogP contribution >= 0.6 is 11.8 Å². The number of carbonyl (C=O) groups excluding carboxylic acids is 1. The van der Waals surface area contributed by atoms with Gasteiger partial charge < -0.3 is 4.74 Å². The first kappa shape index (κ1) is 15.6. The number of hydrogen-bond donors (Lipinski definition) is 0. The number of hydrogen-bond acceptors (Lipinski definition) is 4. The second-order valence-electron chi connectivity index (χ2n) is 4.33. The number of para-hydroxylation sites is 1. The predicted octanol–water partition coefficient (Wildman–Crippen LogP) is 3.83. The van der Waals surface area contributed by atoms with E-state index in [1.807, 2.05) is 0 Å². The van der Waals surface area contributed by atoms with E-state index in [-0.39, 0.29) is 11.3 Å². The highest BCUT2D eigenvalue weighted by Gasteiger charge is 2.33. The average molecular weight is 315 g/mol. The van der Waals surface area contributed by atoms with E-state index in [1.54, 1.807) is 19.1 Å². The van der Waals surface area contributed by atoms with Gasteiger partial charge in [0.15, 0.2) is 0 Å². The van der Waals surface area contributed by atoms with Gasteiger partial charge in [0.2, 0.25) is 0 Å². The van der Waals surface area contributed by atoms with Crippen molar-refractivity contribution in [3.63, 3.8) is 0 Å². The number of aryl methyl sites for hydroxylation is 1. The minimum atomic E-state index is -4.47. The third-order valence-electron chi connectivity index (χ3n) is 2.81. The van der Waals surface area contributed by atoms with Gasteiger partial charge in [0.25, 0.3) is 0 Å². The number of carbonyl (C=O) groups is 1. The number of methoxy groups -OCH3 is 1. The van der Waals surface area contributed by atoms with Crippen molar-refractivity contribution in [3.05, 3.63) is 35.5 Å². The zero-order valence-corrected chi connectivity index (χ0v) is 12.1. The summed E-state index contributed by atoms with van der Waals surface area (Å²) in [6, 6.07) is 5.57. The Labute approximate surface area is 123 Å². The summed E-state index contributed by atoms with van der Waals surface area (Å²) in [5.41, 5.74) is -0.410. The number of fused-ring (bicyclic) bond motifs is 1. The zero-order chi connectivity index (χ0) is 15.6. The van der Waals surface area contributed by atoms with Crippen molar-refractivity contribution in [1.29, 1.82) is 0 Å². The van der Waals surface area contributed by atoms with Crippen LogP contribution in [0.3, 0.4) is 0 Å². The molecule has 0 saturated carbocycles. The van der Waals surface area contributed by atoms with E-state index in [9.17, 15) is 18.0 Å². The van der Waals surface area contributed by atoms with Crippen LogP contribution in [0.25, 0.3) is 10.9 Å². The minimum absolute atomic E-state index is 0.0330. The number of nitrogens with zero attached hydrogens (tertiary/aromatic N) is 1. The molecule has 0 amide bonds. The maximum Gasteiger partial charge on any atom is 0.418 e. The normalized spacial score (nSPS) is 11.7. The fraction of sp³-hybridized carbons (Fsp3) is 0.286. The number of thioether (sulfide) groups is 1. The molecule has 1 heterocycles. The van der Waals surface area contributed by atoms with Crippen LogP contribution < -0.4 is 0 Å². The molecule has 112 valence electrons. The van der Waals surface area contributed by atoms with Crippen LogP contribution in [0, 0.1) is 6.92 Å². The fourth-order valence-corrected chi connectivity index (χ4v) is 2.85. The lowest BCUT2D eigenvalue weighted by Crippen LogP contribution is -2.07. The topological polar surface area (TPSA) is 39.2 Å². The summed E-state index contributed by atoms with van der Waals surface area (Å²) >= 11 is 1.13. The van der Waals surface area contributed by atoms with Crippen molar-refractivity contribution in [3.8, 4) is 0 Å². The Morgan fingerprint density at radius 1 is 1.38 bits per heavy atom. The molecule has 21 heavy (non-hydrogen) atoms. The van der Waals surface area contributed by atoms with Crippen LogP contribution in [-0.4, -0.2) is 23.8 Å². The van der Waals surface area contributed by atoms with Gasteiger partial charge in [0.05, 0.1) is 23.9 Å². The summed E-state index contributed by atoms with van der Waals surface area (Å²) in [4.78, 5) is 15.8. The van der Waals surface area contributed by atoms with E-state index in [0.29, 0.717) is 16.0 Å². The molecule has 0 aliphatic carbocycles. The molecule has 0 bridgehead atoms. The number of benzene rings is 1. The van der Waals surface area contributed by atoms with E-state index >= 15 is 0 Å². The smallest absolute Gasteiger partial charge is 0.418 e. The van der Waals surface area contributed by atoms with Gasteiger partial charge in [-0.05, 0) is 19.1 Å². The van der Waals surface area contributed by atoms with Crippen molar-refractivity contribution in [1.82, 2.24) is 4.98 Å². The van der Waals surface area contributed by atoms with Gasteiger partial charge >= 0.3 is 12.1 Å². The maximum absolute atomic E-state index is 13.0. The van der Waals surface area contributed by atoms with Gasteiger partial charge in [0, 0.05) is 16.0 Å². The highest BCUT2D eigenvalue weighted by molar-refractivity contribution is 8.00. The SMILES string of the molecule is COC(=O)CSc1cc(C)nc2c(C(F)(F)F)cccc12. The molecule has 0 atom stereocenters. The average Bonchev–Trinajstić information content (AvgIpc) is 2.42. The highest BCUT2D eigenvalue weighted by Crippen LogP contribution is 2.37. The van der Waals surface area contributed by atoms with E-state index in [1.165, 1.54) is 13.2 Å². The van der Waals surface area contributed by atoms with Gasteiger partial charge in [-0.15, -0.1) is 11.8 Å². The third kappa shape index (κ3) is 3.47. The van der Waals surface area contributed by atoms with Gasteiger partial charge in [0.1, 0.15) is 0 Å². The second kappa shape index (κ2) is 5.93. The van der Waals surface area contributed by atoms with Gasteiger partial charge in [-0.3, -0.25) is 9.78 Å². The summed E-state index contributed by atoms with van der Waals surface area (Å²) in [5.74, 6) is -0.403. The Balaban J connectivity index is 2.55. The monoisotopic (exact) mass is 315 g/mol. The molecule has 0 spiro atoms. The largest absolute Gasteiger partial charge is 0.468 e. The first-order valence-corrected chi connectivity index (χ1v) is 6.98. The molecular weight excluding hydrogens is 303 g/mol. The molecule has 2 aromatic rings. The summed E-state index contributed by atoms with van der Waals surface area (Å²) in [6.07, 6.45) is -4.47. The molecule has 0 fully saturated rings. The van der Waals surface area contributed by atoms with E-state index in [2.05, 4.69) is 9.72 Å². The first-order chi connectivity index (χ1) is 9.82. The van der Waals surface area contributed by atoms with Crippen molar-refractivity contribution in [2.75, 3.05) is 12.9 Å². The molecular formula is C14H12F3NO2S. The third-order valence-corrected chi connectivity index (χ3v) is 3.84. The molecule has 0 aliphatic rings. The van der Waals surface area contributed by atoms with Crippen molar-refractivity contribution in [2.24, 2.45) is 0 Å². The van der Waals surface area contributed by atoms with Crippen molar-refractivity contribution < 1.29 is 22.7 Å². The van der Waals surface area contributed by atoms with Gasteiger partial charge in [-0.25, -0.2) is 0 Å². The van der Waals surface area contributed by atoms with Crippen molar-refractivity contribution >= 4 is 28.6 Å². The number of rotatable bonds is 3. The molecule has 2 rings (SSSR count). The highest BCUT2D eigenvalue weighted by atomic mass is 32.2. The van der Waals surface area contributed by atoms with Crippen LogP contribution in [-0.2, 0) is 15.7 Å². The van der Waals surface area contributed by atoms with E-state index in [4.69, 9.17) is 0 Å². The Kier molecular flexibility index (Phi) is 4.41. The lowest BCUT2D eigenvalue weighted by atomic mass is 10.1. The first-order valence-electron chi connectivity index (χ1n) is 6.00.